The van der Waals surface area contributed by atoms with Crippen molar-refractivity contribution in [3.8, 4) is 0 Å². The predicted molar refractivity (Wildman–Crippen MR) is 137 cm³/mol. The van der Waals surface area contributed by atoms with Crippen molar-refractivity contribution in [2.75, 3.05) is 23.7 Å². The van der Waals surface area contributed by atoms with Crippen LogP contribution in [0.1, 0.15) is 44.2 Å². The molecule has 186 valence electrons. The quantitative estimate of drug-likeness (QED) is 0.437. The van der Waals surface area contributed by atoms with Crippen molar-refractivity contribution in [3.05, 3.63) is 64.7 Å². The molecular weight excluding hydrogens is 474 g/mol. The smallest absolute Gasteiger partial charge is 0.244 e. The van der Waals surface area contributed by atoms with E-state index in [-0.39, 0.29) is 23.2 Å². The van der Waals surface area contributed by atoms with Crippen LogP contribution in [0.15, 0.2) is 48.5 Å². The number of amides is 2. The molecule has 1 atom stereocenters. The maximum absolute atomic E-state index is 13.6. The second-order valence-electron chi connectivity index (χ2n) is 8.30. The fourth-order valence-corrected chi connectivity index (χ4v) is 4.71. The van der Waals surface area contributed by atoms with Gasteiger partial charge in [0.05, 0.1) is 17.0 Å². The Kier molecular flexibility index (Phi) is 10.4. The molecule has 2 amide bonds. The third-order valence-corrected chi connectivity index (χ3v) is 6.94. The van der Waals surface area contributed by atoms with Gasteiger partial charge in [0.1, 0.15) is 12.6 Å². The summed E-state index contributed by atoms with van der Waals surface area (Å²) in [6.07, 6.45) is 3.19. The third-order valence-electron chi connectivity index (χ3n) is 5.49. The number of hydrogen-bond donors (Lipinski definition) is 1. The van der Waals surface area contributed by atoms with Crippen LogP contribution in [0.25, 0.3) is 0 Å². The maximum Gasteiger partial charge on any atom is 0.244 e. The summed E-state index contributed by atoms with van der Waals surface area (Å²) < 4.78 is 26.2. The average Bonchev–Trinajstić information content (AvgIpc) is 2.78. The molecule has 0 heterocycles. The monoisotopic (exact) mass is 507 g/mol. The van der Waals surface area contributed by atoms with Gasteiger partial charge in [-0.1, -0.05) is 73.8 Å². The van der Waals surface area contributed by atoms with E-state index in [1.807, 2.05) is 45.0 Å². The number of carbonyl (C=O) groups excluding carboxylic acids is 2. The third kappa shape index (κ3) is 7.74. The van der Waals surface area contributed by atoms with Crippen molar-refractivity contribution in [1.82, 2.24) is 10.2 Å². The molecule has 0 bridgehead atoms. The van der Waals surface area contributed by atoms with Crippen LogP contribution in [0, 0.1) is 6.92 Å². The molecule has 1 unspecified atom stereocenters. The van der Waals surface area contributed by atoms with Crippen molar-refractivity contribution >= 4 is 39.1 Å². The van der Waals surface area contributed by atoms with Crippen LogP contribution in [-0.4, -0.2) is 50.5 Å². The molecule has 2 aromatic carbocycles. The molecule has 7 nitrogen and oxygen atoms in total. The SMILES string of the molecule is CCCCNC(=O)C(CC)N(Cc1ccc(C)cc1)C(=O)CN(c1ccccc1Cl)S(C)(=O)=O. The van der Waals surface area contributed by atoms with E-state index < -0.39 is 28.5 Å². The molecule has 0 saturated heterocycles. The summed E-state index contributed by atoms with van der Waals surface area (Å²) in [5.41, 5.74) is 2.14. The highest BCUT2D eigenvalue weighted by Crippen LogP contribution is 2.27. The number of hydrogen-bond acceptors (Lipinski definition) is 4. The normalized spacial score (nSPS) is 12.1. The number of rotatable bonds is 12. The maximum atomic E-state index is 13.6. The van der Waals surface area contributed by atoms with Crippen LogP contribution in [0.4, 0.5) is 5.69 Å². The second-order valence-corrected chi connectivity index (χ2v) is 10.6. The molecule has 9 heteroatoms. The molecule has 0 aliphatic carbocycles. The average molecular weight is 508 g/mol. The summed E-state index contributed by atoms with van der Waals surface area (Å²) >= 11 is 6.25. The fraction of sp³-hybridized carbons (Fsp3) is 0.440. The Morgan fingerprint density at radius 2 is 1.71 bits per heavy atom. The number of nitrogens with one attached hydrogen (secondary N) is 1. The molecule has 0 radical (unpaired) electrons. The Morgan fingerprint density at radius 3 is 2.26 bits per heavy atom. The first kappa shape index (κ1) is 27.7. The number of aryl methyl sites for hydroxylation is 1. The van der Waals surface area contributed by atoms with Crippen LogP contribution in [-0.2, 0) is 26.2 Å². The van der Waals surface area contributed by atoms with Gasteiger partial charge in [-0.25, -0.2) is 8.42 Å². The second kappa shape index (κ2) is 12.8. The molecule has 1 N–H and O–H groups in total. The first-order chi connectivity index (χ1) is 16.1. The van der Waals surface area contributed by atoms with E-state index in [1.54, 1.807) is 24.3 Å². The lowest BCUT2D eigenvalue weighted by atomic mass is 10.1. The Bertz CT molecular complexity index is 1070. The Labute approximate surface area is 208 Å². The van der Waals surface area contributed by atoms with E-state index in [4.69, 9.17) is 11.6 Å². The first-order valence-electron chi connectivity index (χ1n) is 11.4. The van der Waals surface area contributed by atoms with Crippen LogP contribution in [0.5, 0.6) is 0 Å². The van der Waals surface area contributed by atoms with Crippen molar-refractivity contribution in [2.45, 2.75) is 52.6 Å². The van der Waals surface area contributed by atoms with E-state index in [0.29, 0.717) is 13.0 Å². The number of carbonyl (C=O) groups is 2. The van der Waals surface area contributed by atoms with Crippen molar-refractivity contribution in [2.24, 2.45) is 0 Å². The molecule has 0 spiro atoms. The molecule has 0 aliphatic rings. The number of para-hydroxylation sites is 1. The molecule has 2 aromatic rings. The number of anilines is 1. The summed E-state index contributed by atoms with van der Waals surface area (Å²) in [5.74, 6) is -0.733. The van der Waals surface area contributed by atoms with Crippen molar-refractivity contribution in [3.63, 3.8) is 0 Å². The Hall–Kier alpha value is -2.58. The zero-order valence-corrected chi connectivity index (χ0v) is 21.8. The van der Waals surface area contributed by atoms with Gasteiger partial charge in [-0.05, 0) is 37.5 Å². The van der Waals surface area contributed by atoms with E-state index in [2.05, 4.69) is 5.32 Å². The fourth-order valence-electron chi connectivity index (χ4n) is 3.56. The van der Waals surface area contributed by atoms with Crippen molar-refractivity contribution < 1.29 is 18.0 Å². The lowest BCUT2D eigenvalue weighted by Gasteiger charge is -2.33. The molecule has 0 fully saturated rings. The minimum atomic E-state index is -3.82. The number of halogens is 1. The van der Waals surface area contributed by atoms with Gasteiger partial charge >= 0.3 is 0 Å². The predicted octanol–water partition coefficient (Wildman–Crippen LogP) is 4.14. The van der Waals surface area contributed by atoms with Crippen LogP contribution in [0.2, 0.25) is 5.02 Å². The van der Waals surface area contributed by atoms with Crippen LogP contribution < -0.4 is 9.62 Å². The van der Waals surface area contributed by atoms with E-state index >= 15 is 0 Å². The van der Waals surface area contributed by atoms with Crippen molar-refractivity contribution in [1.29, 1.82) is 0 Å². The van der Waals surface area contributed by atoms with Gasteiger partial charge < -0.3 is 10.2 Å². The number of benzene rings is 2. The Morgan fingerprint density at radius 1 is 1.06 bits per heavy atom. The molecule has 2 rings (SSSR count). The summed E-state index contributed by atoms with van der Waals surface area (Å²) in [4.78, 5) is 28.0. The number of nitrogens with zero attached hydrogens (tertiary/aromatic N) is 2. The molecular formula is C25H34ClN3O4S. The largest absolute Gasteiger partial charge is 0.354 e. The summed E-state index contributed by atoms with van der Waals surface area (Å²) in [6.45, 7) is 6.07. The summed E-state index contributed by atoms with van der Waals surface area (Å²) in [7, 11) is -3.82. The summed E-state index contributed by atoms with van der Waals surface area (Å²) in [6, 6.07) is 13.4. The van der Waals surface area contributed by atoms with Crippen LogP contribution >= 0.6 is 11.6 Å². The highest BCUT2D eigenvalue weighted by Gasteiger charge is 2.32. The molecule has 0 aromatic heterocycles. The standard InChI is InChI=1S/C25H34ClN3O4S/c1-5-7-16-27-25(31)22(6-2)28(17-20-14-12-19(3)13-15-20)24(30)18-29(34(4,32)33)23-11-9-8-10-21(23)26/h8-15,22H,5-7,16-18H2,1-4H3,(H,27,31). The molecule has 0 aliphatic heterocycles. The van der Waals surface area contributed by atoms with E-state index in [9.17, 15) is 18.0 Å². The molecule has 0 saturated carbocycles. The highest BCUT2D eigenvalue weighted by molar-refractivity contribution is 7.92. The lowest BCUT2D eigenvalue weighted by Crippen LogP contribution is -2.52. The highest BCUT2D eigenvalue weighted by atomic mass is 35.5. The van der Waals surface area contributed by atoms with Gasteiger partial charge in [0.2, 0.25) is 21.8 Å². The minimum absolute atomic E-state index is 0.180. The first-order valence-corrected chi connectivity index (χ1v) is 13.7. The van der Waals surface area contributed by atoms with Gasteiger partial charge in [0.15, 0.2) is 0 Å². The topological polar surface area (TPSA) is 86.8 Å². The van der Waals surface area contributed by atoms with Gasteiger partial charge in [-0.2, -0.15) is 0 Å². The number of sulfonamides is 1. The minimum Gasteiger partial charge on any atom is -0.354 e. The van der Waals surface area contributed by atoms with Gasteiger partial charge in [0, 0.05) is 13.1 Å². The molecule has 34 heavy (non-hydrogen) atoms. The van der Waals surface area contributed by atoms with E-state index in [1.165, 1.54) is 4.90 Å². The van der Waals surface area contributed by atoms with Crippen LogP contribution in [0.3, 0.4) is 0 Å². The zero-order chi connectivity index (χ0) is 25.3. The van der Waals surface area contributed by atoms with Gasteiger partial charge in [0.25, 0.3) is 0 Å². The Balaban J connectivity index is 2.40. The van der Waals surface area contributed by atoms with Gasteiger partial charge in [-0.15, -0.1) is 0 Å². The summed E-state index contributed by atoms with van der Waals surface area (Å²) in [5, 5.41) is 3.12. The number of unbranched alkanes of at least 4 members (excludes halogenated alkanes) is 1. The lowest BCUT2D eigenvalue weighted by molar-refractivity contribution is -0.140. The zero-order valence-electron chi connectivity index (χ0n) is 20.3. The van der Waals surface area contributed by atoms with Gasteiger partial charge in [-0.3, -0.25) is 13.9 Å². The van der Waals surface area contributed by atoms with E-state index in [0.717, 1.165) is 34.5 Å².